The van der Waals surface area contributed by atoms with E-state index in [0.29, 0.717) is 19.9 Å². The van der Waals surface area contributed by atoms with Crippen LogP contribution in [-0.4, -0.2) is 32.8 Å². The maximum Gasteiger partial charge on any atom is 2.00 e. The molecule has 0 spiro atoms. The Bertz CT molecular complexity index is 760. The summed E-state index contributed by atoms with van der Waals surface area (Å²) in [6.07, 6.45) is 20.2. The number of nitrogens with zero attached hydrogens (tertiary/aromatic N) is 2. The van der Waals surface area contributed by atoms with Gasteiger partial charge in [0.15, 0.2) is 11.6 Å². The first-order valence-corrected chi connectivity index (χ1v) is 11.0. The third-order valence-corrected chi connectivity index (χ3v) is 5.00. The molecule has 2 aliphatic carbocycles. The molecule has 0 unspecified atom stereocenters. The number of hydrazone groups is 2. The molecule has 2 N–H and O–H groups in total. The minimum absolute atomic E-state index is 0. The SMILES string of the molecule is CSC([S-])=NNC=C1C=CC=CC1=O.CSC([S-])=NNC=C1C=CC=CC1=O.[Co+2]. The van der Waals surface area contributed by atoms with Gasteiger partial charge in [-0.15, -0.1) is 23.5 Å². The van der Waals surface area contributed by atoms with Gasteiger partial charge >= 0.3 is 16.8 Å². The summed E-state index contributed by atoms with van der Waals surface area (Å²) in [5.41, 5.74) is 6.40. The number of rotatable bonds is 4. The number of allylic oxidation sites excluding steroid dienone is 10. The summed E-state index contributed by atoms with van der Waals surface area (Å²) in [6.45, 7) is 0. The zero-order valence-corrected chi connectivity index (χ0v) is 19.8. The van der Waals surface area contributed by atoms with Crippen molar-refractivity contribution in [2.45, 2.75) is 0 Å². The molecular formula is C18H18CoN4O2S4. The summed E-state index contributed by atoms with van der Waals surface area (Å²) in [6, 6.07) is 0. The summed E-state index contributed by atoms with van der Waals surface area (Å²) in [4.78, 5) is 22.4. The van der Waals surface area contributed by atoms with Gasteiger partial charge < -0.3 is 25.3 Å². The molecule has 2 aliphatic rings. The Morgan fingerprint density at radius 3 is 1.45 bits per heavy atom. The number of ketones is 2. The number of carbonyl (C=O) groups is 2. The topological polar surface area (TPSA) is 82.9 Å². The normalized spacial score (nSPS) is 18.4. The molecule has 2 rings (SSSR count). The van der Waals surface area contributed by atoms with E-state index >= 15 is 0 Å². The van der Waals surface area contributed by atoms with Crippen LogP contribution in [0.5, 0.6) is 0 Å². The van der Waals surface area contributed by atoms with Crippen LogP contribution in [0.25, 0.3) is 0 Å². The Labute approximate surface area is 200 Å². The Morgan fingerprint density at radius 2 is 1.14 bits per heavy atom. The van der Waals surface area contributed by atoms with E-state index in [2.05, 4.69) is 21.1 Å². The van der Waals surface area contributed by atoms with Crippen molar-refractivity contribution in [3.63, 3.8) is 0 Å². The number of nitrogens with one attached hydrogen (secondary N) is 2. The van der Waals surface area contributed by atoms with Gasteiger partial charge in [0.1, 0.15) is 0 Å². The zero-order valence-electron chi connectivity index (χ0n) is 15.5. The van der Waals surface area contributed by atoms with Crippen molar-refractivity contribution in [3.8, 4) is 0 Å². The number of hydrogen-bond donors (Lipinski definition) is 2. The molecular weight excluding hydrogens is 491 g/mol. The standard InChI is InChI=1S/2C9H10N2OS2.Co/c2*1-14-9(13)11-10-6-7-4-2-3-5-8(7)12;/h2*2-6,10H,1H3,(H,11,13);/q;;+2/p-2. The molecule has 6 nitrogen and oxygen atoms in total. The fourth-order valence-corrected chi connectivity index (χ4v) is 1.99. The number of carbonyl (C=O) groups excluding carboxylic acids is 2. The van der Waals surface area contributed by atoms with Crippen LogP contribution in [0.2, 0.25) is 0 Å². The van der Waals surface area contributed by atoms with E-state index in [1.54, 1.807) is 36.5 Å². The van der Waals surface area contributed by atoms with E-state index in [4.69, 9.17) is 25.3 Å². The maximum atomic E-state index is 11.2. The molecule has 0 aromatic rings. The molecule has 0 bridgehead atoms. The van der Waals surface area contributed by atoms with Crippen molar-refractivity contribution >= 4 is 69.1 Å². The molecule has 0 fully saturated rings. The van der Waals surface area contributed by atoms with E-state index < -0.39 is 0 Å². The second-order valence-corrected chi connectivity index (χ2v) is 7.67. The van der Waals surface area contributed by atoms with Crippen molar-refractivity contribution in [1.82, 2.24) is 10.9 Å². The van der Waals surface area contributed by atoms with Gasteiger partial charge in [0.2, 0.25) is 0 Å². The van der Waals surface area contributed by atoms with Crippen molar-refractivity contribution in [1.29, 1.82) is 0 Å². The van der Waals surface area contributed by atoms with E-state index in [0.717, 1.165) is 0 Å². The van der Waals surface area contributed by atoms with Gasteiger partial charge in [-0.25, -0.2) is 0 Å². The fraction of sp³-hybridized carbons (Fsp3) is 0.111. The predicted molar refractivity (Wildman–Crippen MR) is 126 cm³/mol. The second-order valence-electron chi connectivity index (χ2n) is 4.79. The quantitative estimate of drug-likeness (QED) is 0.197. The summed E-state index contributed by atoms with van der Waals surface area (Å²) >= 11 is 12.4. The number of hydrogen-bond acceptors (Lipinski definition) is 10. The van der Waals surface area contributed by atoms with Crippen LogP contribution in [-0.2, 0) is 51.6 Å². The average molecular weight is 510 g/mol. The average Bonchev–Trinajstić information content (AvgIpc) is 2.71. The Hall–Kier alpha value is -1.63. The molecule has 155 valence electrons. The summed E-state index contributed by atoms with van der Waals surface area (Å²) in [5, 5.41) is 7.66. The van der Waals surface area contributed by atoms with Crippen LogP contribution < -0.4 is 10.9 Å². The zero-order chi connectivity index (χ0) is 20.8. The van der Waals surface area contributed by atoms with Gasteiger partial charge in [0, 0.05) is 23.5 Å². The molecule has 0 aromatic heterocycles. The largest absolute Gasteiger partial charge is 2.00 e. The Morgan fingerprint density at radius 1 is 0.793 bits per heavy atom. The third kappa shape index (κ3) is 11.8. The third-order valence-electron chi connectivity index (χ3n) is 2.94. The van der Waals surface area contributed by atoms with E-state index in [9.17, 15) is 9.59 Å². The molecule has 0 atom stereocenters. The first kappa shape index (κ1) is 27.4. The minimum Gasteiger partial charge on any atom is -0.752 e. The van der Waals surface area contributed by atoms with Gasteiger partial charge in [0.05, 0.1) is 0 Å². The van der Waals surface area contributed by atoms with Crippen LogP contribution in [0.4, 0.5) is 0 Å². The van der Waals surface area contributed by atoms with Crippen molar-refractivity contribution < 1.29 is 26.4 Å². The van der Waals surface area contributed by atoms with E-state index in [1.165, 1.54) is 48.1 Å². The second kappa shape index (κ2) is 16.2. The minimum atomic E-state index is -0.0368. The molecule has 0 aromatic carbocycles. The molecule has 0 saturated carbocycles. The first-order valence-electron chi connectivity index (χ1n) is 7.75. The molecule has 29 heavy (non-hydrogen) atoms. The van der Waals surface area contributed by atoms with Crippen LogP contribution in [0.3, 0.4) is 0 Å². The van der Waals surface area contributed by atoms with Gasteiger partial charge in [-0.05, 0) is 45.6 Å². The Kier molecular flexibility index (Phi) is 15.3. The first-order chi connectivity index (χ1) is 13.5. The molecule has 0 heterocycles. The van der Waals surface area contributed by atoms with E-state index in [-0.39, 0.29) is 28.3 Å². The van der Waals surface area contributed by atoms with Crippen LogP contribution in [0, 0.1) is 0 Å². The fourth-order valence-electron chi connectivity index (χ4n) is 1.60. The van der Waals surface area contributed by atoms with Gasteiger partial charge in [0.25, 0.3) is 0 Å². The van der Waals surface area contributed by atoms with E-state index in [1.807, 2.05) is 12.5 Å². The van der Waals surface area contributed by atoms with Crippen molar-refractivity contribution in [2.75, 3.05) is 12.5 Å². The van der Waals surface area contributed by atoms with Crippen molar-refractivity contribution in [3.05, 3.63) is 72.2 Å². The summed E-state index contributed by atoms with van der Waals surface area (Å²) in [5.74, 6) is -0.0736. The molecule has 0 saturated heterocycles. The van der Waals surface area contributed by atoms with Crippen LogP contribution in [0.15, 0.2) is 82.4 Å². The smallest absolute Gasteiger partial charge is 0.752 e. The Balaban J connectivity index is 0.000000523. The molecule has 1 radical (unpaired) electrons. The summed E-state index contributed by atoms with van der Waals surface area (Å²) in [7, 11) is 0. The predicted octanol–water partition coefficient (Wildman–Crippen LogP) is 2.67. The van der Waals surface area contributed by atoms with Crippen molar-refractivity contribution in [2.24, 2.45) is 10.2 Å². The number of thioether (sulfide) groups is 2. The molecule has 11 heteroatoms. The van der Waals surface area contributed by atoms with Crippen LogP contribution >= 0.6 is 23.5 Å². The van der Waals surface area contributed by atoms with Gasteiger partial charge in [-0.3, -0.25) is 20.4 Å². The van der Waals surface area contributed by atoms with Gasteiger partial charge in [-0.2, -0.15) is 10.2 Å². The van der Waals surface area contributed by atoms with Gasteiger partial charge in [-0.1, -0.05) is 24.3 Å². The molecule has 0 aliphatic heterocycles. The van der Waals surface area contributed by atoms with Crippen LogP contribution in [0.1, 0.15) is 0 Å². The molecule has 0 amide bonds. The maximum absolute atomic E-state index is 11.2. The monoisotopic (exact) mass is 509 g/mol. The summed E-state index contributed by atoms with van der Waals surface area (Å²) < 4.78 is 1.01.